The molecule has 0 unspecified atom stereocenters. The van der Waals surface area contributed by atoms with Gasteiger partial charge in [-0.1, -0.05) is 36.8 Å². The average molecular weight is 208 g/mol. The van der Waals surface area contributed by atoms with E-state index in [4.69, 9.17) is 5.11 Å². The zero-order valence-electron chi connectivity index (χ0n) is 9.70. The van der Waals surface area contributed by atoms with Gasteiger partial charge in [0.1, 0.15) is 0 Å². The summed E-state index contributed by atoms with van der Waals surface area (Å²) in [5, 5.41) is 8.55. The zero-order valence-corrected chi connectivity index (χ0v) is 9.70. The van der Waals surface area contributed by atoms with Crippen molar-refractivity contribution in [3.05, 3.63) is 37.0 Å². The third kappa shape index (κ3) is 13.2. The van der Waals surface area contributed by atoms with Crippen molar-refractivity contribution in [3.8, 4) is 0 Å². The molecule has 0 aliphatic heterocycles. The molecule has 0 aromatic rings. The van der Waals surface area contributed by atoms with Gasteiger partial charge in [0.25, 0.3) is 0 Å². The van der Waals surface area contributed by atoms with Crippen LogP contribution in [0.3, 0.4) is 0 Å². The lowest BCUT2D eigenvalue weighted by Crippen LogP contribution is -1.77. The van der Waals surface area contributed by atoms with Gasteiger partial charge in [-0.25, -0.2) is 0 Å². The standard InChI is InChI=1S/C14H24O/c1-2-3-4-5-6-7-8-9-10-11-12-13-14-15/h2,8-11,15H,1,3-7,12-14H2. The van der Waals surface area contributed by atoms with Crippen LogP contribution in [0.2, 0.25) is 0 Å². The van der Waals surface area contributed by atoms with Gasteiger partial charge in [0, 0.05) is 6.61 Å². The lowest BCUT2D eigenvalue weighted by atomic mass is 10.1. The van der Waals surface area contributed by atoms with Crippen LogP contribution in [-0.4, -0.2) is 11.7 Å². The highest BCUT2D eigenvalue weighted by atomic mass is 16.2. The number of hydrogen-bond acceptors (Lipinski definition) is 1. The van der Waals surface area contributed by atoms with E-state index in [1.165, 1.54) is 25.7 Å². The van der Waals surface area contributed by atoms with Crippen LogP contribution in [0.5, 0.6) is 0 Å². The maximum absolute atomic E-state index is 8.55. The topological polar surface area (TPSA) is 20.2 Å². The van der Waals surface area contributed by atoms with E-state index in [9.17, 15) is 0 Å². The molecule has 0 aromatic heterocycles. The summed E-state index contributed by atoms with van der Waals surface area (Å²) in [6, 6.07) is 0. The highest BCUT2D eigenvalue weighted by molar-refractivity contribution is 5.02. The maximum atomic E-state index is 8.55. The summed E-state index contributed by atoms with van der Waals surface area (Å²) in [5.74, 6) is 0. The molecule has 0 rings (SSSR count). The predicted molar refractivity (Wildman–Crippen MR) is 67.9 cm³/mol. The van der Waals surface area contributed by atoms with Crippen LogP contribution in [-0.2, 0) is 0 Å². The first kappa shape index (κ1) is 14.2. The summed E-state index contributed by atoms with van der Waals surface area (Å²) in [7, 11) is 0. The van der Waals surface area contributed by atoms with E-state index < -0.39 is 0 Å². The van der Waals surface area contributed by atoms with E-state index in [2.05, 4.69) is 30.9 Å². The Bertz CT molecular complexity index is 180. The number of unbranched alkanes of at least 4 members (excludes halogenated alkanes) is 5. The Kier molecular flexibility index (Phi) is 12.5. The average Bonchev–Trinajstić information content (AvgIpc) is 2.26. The first-order valence-electron chi connectivity index (χ1n) is 5.95. The molecule has 0 atom stereocenters. The van der Waals surface area contributed by atoms with Crippen molar-refractivity contribution in [1.29, 1.82) is 0 Å². The molecular formula is C14H24O. The van der Waals surface area contributed by atoms with E-state index in [0.717, 1.165) is 19.3 Å². The third-order valence-corrected chi connectivity index (χ3v) is 2.19. The minimum Gasteiger partial charge on any atom is -0.396 e. The molecule has 15 heavy (non-hydrogen) atoms. The Hall–Kier alpha value is -0.820. The molecule has 1 nitrogen and oxygen atoms in total. The Morgan fingerprint density at radius 2 is 1.40 bits per heavy atom. The van der Waals surface area contributed by atoms with E-state index in [1.54, 1.807) is 0 Å². The van der Waals surface area contributed by atoms with Crippen molar-refractivity contribution < 1.29 is 5.11 Å². The largest absolute Gasteiger partial charge is 0.396 e. The van der Waals surface area contributed by atoms with E-state index in [0.29, 0.717) is 0 Å². The zero-order chi connectivity index (χ0) is 11.2. The monoisotopic (exact) mass is 208 g/mol. The molecule has 0 bridgehead atoms. The lowest BCUT2D eigenvalue weighted by Gasteiger charge is -1.93. The van der Waals surface area contributed by atoms with Crippen LogP contribution in [0, 0.1) is 0 Å². The van der Waals surface area contributed by atoms with Crippen LogP contribution < -0.4 is 0 Å². The molecule has 86 valence electrons. The highest BCUT2D eigenvalue weighted by Crippen LogP contribution is 2.03. The van der Waals surface area contributed by atoms with Gasteiger partial charge in [-0.3, -0.25) is 0 Å². The molecular weight excluding hydrogens is 184 g/mol. The van der Waals surface area contributed by atoms with Crippen molar-refractivity contribution in [2.45, 2.75) is 44.9 Å². The Morgan fingerprint density at radius 3 is 2.00 bits per heavy atom. The predicted octanol–water partition coefficient (Wildman–Crippen LogP) is 4.01. The maximum Gasteiger partial charge on any atom is 0.0433 e. The molecule has 0 spiro atoms. The molecule has 0 radical (unpaired) electrons. The first-order chi connectivity index (χ1) is 7.41. The Balaban J connectivity index is 3.16. The highest BCUT2D eigenvalue weighted by Gasteiger charge is 1.84. The molecule has 0 heterocycles. The molecule has 0 saturated carbocycles. The van der Waals surface area contributed by atoms with Crippen LogP contribution >= 0.6 is 0 Å². The summed E-state index contributed by atoms with van der Waals surface area (Å²) in [5.41, 5.74) is 0. The summed E-state index contributed by atoms with van der Waals surface area (Å²) in [6.45, 7) is 3.99. The van der Waals surface area contributed by atoms with E-state index in [1.807, 2.05) is 6.08 Å². The minimum atomic E-state index is 0.289. The normalized spacial score (nSPS) is 11.5. The minimum absolute atomic E-state index is 0.289. The first-order valence-corrected chi connectivity index (χ1v) is 5.95. The van der Waals surface area contributed by atoms with E-state index in [-0.39, 0.29) is 6.61 Å². The second-order valence-corrected chi connectivity index (χ2v) is 3.65. The summed E-state index contributed by atoms with van der Waals surface area (Å²) in [6.07, 6.45) is 18.5. The molecule has 0 saturated heterocycles. The second-order valence-electron chi connectivity index (χ2n) is 3.65. The number of hydrogen-bond donors (Lipinski definition) is 1. The van der Waals surface area contributed by atoms with Gasteiger partial charge in [-0.15, -0.1) is 6.58 Å². The van der Waals surface area contributed by atoms with E-state index >= 15 is 0 Å². The molecule has 0 amide bonds. The van der Waals surface area contributed by atoms with Gasteiger partial charge in [0.15, 0.2) is 0 Å². The van der Waals surface area contributed by atoms with Crippen molar-refractivity contribution in [2.24, 2.45) is 0 Å². The van der Waals surface area contributed by atoms with Gasteiger partial charge in [0.05, 0.1) is 0 Å². The van der Waals surface area contributed by atoms with Crippen molar-refractivity contribution in [3.63, 3.8) is 0 Å². The quantitative estimate of drug-likeness (QED) is 0.327. The summed E-state index contributed by atoms with van der Waals surface area (Å²) in [4.78, 5) is 0. The van der Waals surface area contributed by atoms with Crippen LogP contribution in [0.1, 0.15) is 44.9 Å². The second kappa shape index (κ2) is 13.2. The molecule has 1 heteroatoms. The Morgan fingerprint density at radius 1 is 0.800 bits per heavy atom. The fourth-order valence-corrected chi connectivity index (χ4v) is 1.29. The van der Waals surface area contributed by atoms with Crippen molar-refractivity contribution in [2.75, 3.05) is 6.61 Å². The third-order valence-electron chi connectivity index (χ3n) is 2.19. The van der Waals surface area contributed by atoms with Gasteiger partial charge in [-0.05, 0) is 38.5 Å². The number of allylic oxidation sites excluding steroid dienone is 5. The fraction of sp³-hybridized carbons (Fsp3) is 0.571. The van der Waals surface area contributed by atoms with Crippen LogP contribution in [0.4, 0.5) is 0 Å². The number of aliphatic hydroxyl groups is 1. The summed E-state index contributed by atoms with van der Waals surface area (Å²) >= 11 is 0. The van der Waals surface area contributed by atoms with Gasteiger partial charge in [0.2, 0.25) is 0 Å². The molecule has 0 aliphatic carbocycles. The molecule has 0 aromatic carbocycles. The van der Waals surface area contributed by atoms with Gasteiger partial charge >= 0.3 is 0 Å². The van der Waals surface area contributed by atoms with Gasteiger partial charge in [-0.2, -0.15) is 0 Å². The SMILES string of the molecule is C=CCCCCCC=CC=CCCCO. The van der Waals surface area contributed by atoms with Crippen molar-refractivity contribution in [1.82, 2.24) is 0 Å². The number of aliphatic hydroxyl groups excluding tert-OH is 1. The molecule has 0 fully saturated rings. The lowest BCUT2D eigenvalue weighted by molar-refractivity contribution is 0.289. The van der Waals surface area contributed by atoms with Gasteiger partial charge < -0.3 is 5.11 Å². The molecule has 0 aliphatic rings. The van der Waals surface area contributed by atoms with Crippen LogP contribution in [0.25, 0.3) is 0 Å². The number of rotatable bonds is 10. The Labute approximate surface area is 94.2 Å². The van der Waals surface area contributed by atoms with Crippen LogP contribution in [0.15, 0.2) is 37.0 Å². The fourth-order valence-electron chi connectivity index (χ4n) is 1.29. The van der Waals surface area contributed by atoms with Crippen molar-refractivity contribution >= 4 is 0 Å². The summed E-state index contributed by atoms with van der Waals surface area (Å²) < 4.78 is 0. The smallest absolute Gasteiger partial charge is 0.0433 e. The molecule has 1 N–H and O–H groups in total.